The molecule has 0 N–H and O–H groups in total. The fourth-order valence-electron chi connectivity index (χ4n) is 5.19. The third-order valence-corrected chi connectivity index (χ3v) is 7.05. The normalized spacial score (nSPS) is 27.2. The van der Waals surface area contributed by atoms with Gasteiger partial charge in [0.2, 0.25) is 11.6 Å². The molecule has 1 aromatic rings. The highest BCUT2D eigenvalue weighted by molar-refractivity contribution is 5.35. The molecule has 3 rings (SSSR count). The summed E-state index contributed by atoms with van der Waals surface area (Å²) in [7, 11) is 0. The summed E-state index contributed by atoms with van der Waals surface area (Å²) in [6, 6.07) is 2.86. The highest BCUT2D eigenvalue weighted by Crippen LogP contribution is 2.42. The van der Waals surface area contributed by atoms with E-state index < -0.39 is 11.6 Å². The van der Waals surface area contributed by atoms with E-state index in [1.54, 1.807) is 13.0 Å². The minimum atomic E-state index is -1.00. The van der Waals surface area contributed by atoms with E-state index in [4.69, 9.17) is 9.47 Å². The van der Waals surface area contributed by atoms with Crippen LogP contribution in [0.5, 0.6) is 11.5 Å². The quantitative estimate of drug-likeness (QED) is 0.300. The predicted octanol–water partition coefficient (Wildman–Crippen LogP) is 7.84. The third kappa shape index (κ3) is 6.09. The zero-order valence-corrected chi connectivity index (χ0v) is 18.3. The predicted molar refractivity (Wildman–Crippen MR) is 118 cm³/mol. The van der Waals surface area contributed by atoms with Crippen molar-refractivity contribution in [1.82, 2.24) is 0 Å². The Labute approximate surface area is 180 Å². The van der Waals surface area contributed by atoms with Crippen molar-refractivity contribution in [1.29, 1.82) is 0 Å². The largest absolute Gasteiger partial charge is 0.490 e. The van der Waals surface area contributed by atoms with Crippen LogP contribution in [0.1, 0.15) is 71.1 Å². The number of ether oxygens (including phenoxy) is 2. The molecule has 2 saturated carbocycles. The molecule has 2 aliphatic rings. The topological polar surface area (TPSA) is 18.5 Å². The summed E-state index contributed by atoms with van der Waals surface area (Å²) >= 11 is 0. The van der Waals surface area contributed by atoms with Crippen molar-refractivity contribution in [2.45, 2.75) is 71.1 Å². The Morgan fingerprint density at radius 2 is 1.47 bits per heavy atom. The zero-order valence-electron chi connectivity index (χ0n) is 18.3. The van der Waals surface area contributed by atoms with Crippen molar-refractivity contribution < 1.29 is 18.3 Å². The van der Waals surface area contributed by atoms with Crippen LogP contribution in [0.2, 0.25) is 0 Å². The molecule has 4 heteroatoms. The van der Waals surface area contributed by atoms with E-state index in [1.807, 2.05) is 6.08 Å². The fourth-order valence-corrected chi connectivity index (χ4v) is 5.19. The van der Waals surface area contributed by atoms with Crippen molar-refractivity contribution in [3.05, 3.63) is 48.8 Å². The molecule has 0 radical (unpaired) electrons. The summed E-state index contributed by atoms with van der Waals surface area (Å²) in [5, 5.41) is 0. The molecule has 1 aromatic carbocycles. The lowest BCUT2D eigenvalue weighted by Crippen LogP contribution is -2.27. The first-order valence-corrected chi connectivity index (χ1v) is 11.6. The van der Waals surface area contributed by atoms with E-state index >= 15 is 0 Å². The van der Waals surface area contributed by atoms with Gasteiger partial charge in [0.25, 0.3) is 0 Å². The number of rotatable bonds is 9. The van der Waals surface area contributed by atoms with Crippen molar-refractivity contribution in [2.75, 3.05) is 6.61 Å². The van der Waals surface area contributed by atoms with Crippen LogP contribution in [-0.4, -0.2) is 6.61 Å². The van der Waals surface area contributed by atoms with Crippen LogP contribution in [0.15, 0.2) is 37.1 Å². The van der Waals surface area contributed by atoms with E-state index in [9.17, 15) is 8.78 Å². The maximum atomic E-state index is 14.2. The second kappa shape index (κ2) is 11.5. The summed E-state index contributed by atoms with van der Waals surface area (Å²) in [6.45, 7) is 6.04. The number of hydrogen-bond acceptors (Lipinski definition) is 2. The van der Waals surface area contributed by atoms with Gasteiger partial charge >= 0.3 is 0 Å². The van der Waals surface area contributed by atoms with Gasteiger partial charge in [-0.15, -0.1) is 6.58 Å². The molecule has 2 aliphatic carbocycles. The summed E-state index contributed by atoms with van der Waals surface area (Å²) in [4.78, 5) is 0. The average Bonchev–Trinajstić information content (AvgIpc) is 2.79. The van der Waals surface area contributed by atoms with E-state index in [0.29, 0.717) is 12.5 Å². The lowest BCUT2D eigenvalue weighted by molar-refractivity contribution is 0.120. The minimum Gasteiger partial charge on any atom is -0.490 e. The van der Waals surface area contributed by atoms with Crippen LogP contribution >= 0.6 is 0 Å². The van der Waals surface area contributed by atoms with E-state index in [0.717, 1.165) is 37.0 Å². The molecule has 30 heavy (non-hydrogen) atoms. The number of hydrogen-bond donors (Lipinski definition) is 0. The summed E-state index contributed by atoms with van der Waals surface area (Å²) in [5.41, 5.74) is 0. The molecular formula is C26H36F2O2. The molecule has 0 aromatic heterocycles. The van der Waals surface area contributed by atoms with Crippen molar-refractivity contribution >= 4 is 0 Å². The highest BCUT2D eigenvalue weighted by atomic mass is 19.2. The van der Waals surface area contributed by atoms with Gasteiger partial charge in [0.15, 0.2) is 11.5 Å². The molecule has 0 spiro atoms. The first-order chi connectivity index (χ1) is 14.6. The lowest BCUT2D eigenvalue weighted by atomic mass is 9.69. The van der Waals surface area contributed by atoms with Gasteiger partial charge in [0, 0.05) is 0 Å². The highest BCUT2D eigenvalue weighted by Gasteiger charge is 2.31. The Morgan fingerprint density at radius 1 is 0.900 bits per heavy atom. The van der Waals surface area contributed by atoms with Crippen LogP contribution in [-0.2, 0) is 0 Å². The molecule has 166 valence electrons. The summed E-state index contributed by atoms with van der Waals surface area (Å²) in [5.74, 6) is 0.900. The molecule has 0 saturated heterocycles. The molecule has 0 heterocycles. The maximum absolute atomic E-state index is 14.2. The second-order valence-corrected chi connectivity index (χ2v) is 9.02. The zero-order chi connectivity index (χ0) is 21.3. The van der Waals surface area contributed by atoms with Gasteiger partial charge in [-0.3, -0.25) is 0 Å². The molecule has 0 atom stereocenters. The Kier molecular flexibility index (Phi) is 8.77. The molecule has 0 bridgehead atoms. The van der Waals surface area contributed by atoms with Crippen LogP contribution in [0.3, 0.4) is 0 Å². The Hall–Kier alpha value is -1.84. The molecule has 0 aliphatic heterocycles. The van der Waals surface area contributed by atoms with Gasteiger partial charge in [0.05, 0.1) is 12.9 Å². The maximum Gasteiger partial charge on any atom is 0.205 e. The van der Waals surface area contributed by atoms with E-state index in [-0.39, 0.29) is 11.5 Å². The minimum absolute atomic E-state index is 0.0275. The van der Waals surface area contributed by atoms with Crippen LogP contribution in [0, 0.1) is 35.3 Å². The van der Waals surface area contributed by atoms with Crippen LogP contribution in [0.25, 0.3) is 0 Å². The first kappa shape index (κ1) is 22.8. The molecular weight excluding hydrogens is 382 g/mol. The standard InChI is InChI=1S/C26H36F2O2/c1-3-5-6-19-7-11-21(12-8-19)22-13-9-20(10-14-22)18-30-24-16-15-23(29-17-4-2)25(27)26(24)28/h3-4,15-17,19-22H,1,5-14,18H2,2H3. The summed E-state index contributed by atoms with van der Waals surface area (Å²) in [6.07, 6.45) is 17.7. The van der Waals surface area contributed by atoms with Gasteiger partial charge in [-0.05, 0) is 94.1 Å². The van der Waals surface area contributed by atoms with Gasteiger partial charge in [-0.2, -0.15) is 8.78 Å². The van der Waals surface area contributed by atoms with Crippen molar-refractivity contribution in [3.63, 3.8) is 0 Å². The van der Waals surface area contributed by atoms with Crippen LogP contribution in [0.4, 0.5) is 8.78 Å². The SMILES string of the molecule is C=CCCC1CCC(C2CCC(COc3ccc(OC=CC)c(F)c3F)CC2)CC1. The van der Waals surface area contributed by atoms with Crippen molar-refractivity contribution in [3.8, 4) is 11.5 Å². The molecule has 2 fully saturated rings. The number of benzene rings is 1. The monoisotopic (exact) mass is 418 g/mol. The third-order valence-electron chi connectivity index (χ3n) is 7.05. The van der Waals surface area contributed by atoms with Gasteiger partial charge in [-0.25, -0.2) is 0 Å². The van der Waals surface area contributed by atoms with Gasteiger partial charge in [0.1, 0.15) is 0 Å². The summed E-state index contributed by atoms with van der Waals surface area (Å²) < 4.78 is 39.0. The van der Waals surface area contributed by atoms with E-state index in [1.165, 1.54) is 63.3 Å². The second-order valence-electron chi connectivity index (χ2n) is 9.02. The van der Waals surface area contributed by atoms with E-state index in [2.05, 4.69) is 6.58 Å². The van der Waals surface area contributed by atoms with Crippen LogP contribution < -0.4 is 9.47 Å². The lowest BCUT2D eigenvalue weighted by Gasteiger charge is -2.37. The first-order valence-electron chi connectivity index (χ1n) is 11.6. The molecule has 0 unspecified atom stereocenters. The molecule has 2 nitrogen and oxygen atoms in total. The van der Waals surface area contributed by atoms with Gasteiger partial charge in [-0.1, -0.05) is 25.0 Å². The Morgan fingerprint density at radius 3 is 2.07 bits per heavy atom. The average molecular weight is 419 g/mol. The Balaban J connectivity index is 1.41. The molecule has 0 amide bonds. The van der Waals surface area contributed by atoms with Crippen molar-refractivity contribution in [2.24, 2.45) is 23.7 Å². The Bertz CT molecular complexity index is 699. The number of halogens is 2. The smallest absolute Gasteiger partial charge is 0.205 e. The van der Waals surface area contributed by atoms with Gasteiger partial charge < -0.3 is 9.47 Å². The number of allylic oxidation sites excluding steroid dienone is 2. The fraction of sp³-hybridized carbons (Fsp3) is 0.615.